The zero-order valence-corrected chi connectivity index (χ0v) is 13.9. The fourth-order valence-corrected chi connectivity index (χ4v) is 2.94. The molecule has 0 saturated carbocycles. The van der Waals surface area contributed by atoms with Crippen LogP contribution in [0.4, 0.5) is 4.39 Å². The monoisotopic (exact) mass is 410 g/mol. The van der Waals surface area contributed by atoms with Gasteiger partial charge in [0.15, 0.2) is 0 Å². The lowest BCUT2D eigenvalue weighted by Crippen LogP contribution is -2.39. The molecule has 0 aliphatic carbocycles. The van der Waals surface area contributed by atoms with E-state index in [1.807, 2.05) is 6.07 Å². The van der Waals surface area contributed by atoms with E-state index in [1.54, 1.807) is 31.3 Å². The molecule has 0 radical (unpaired) electrons. The fraction of sp³-hybridized carbons (Fsp3) is 0.125. The molecule has 0 unspecified atom stereocenters. The molecule has 0 atom stereocenters. The van der Waals surface area contributed by atoms with E-state index in [0.29, 0.717) is 16.5 Å². The van der Waals surface area contributed by atoms with Crippen LogP contribution in [0.25, 0.3) is 10.9 Å². The summed E-state index contributed by atoms with van der Waals surface area (Å²) in [7, 11) is 1.62. The van der Waals surface area contributed by atoms with Crippen LogP contribution in [0.15, 0.2) is 52.1 Å². The van der Waals surface area contributed by atoms with Crippen molar-refractivity contribution in [3.63, 3.8) is 0 Å². The minimum absolute atomic E-state index is 0.0463. The van der Waals surface area contributed by atoms with Gasteiger partial charge in [-0.15, -0.1) is 0 Å². The predicted molar refractivity (Wildman–Crippen MR) is 91.7 cm³/mol. The lowest BCUT2D eigenvalue weighted by Gasteiger charge is -2.11. The maximum Gasteiger partial charge on any atom is 0.331 e. The molecular weight excluding hydrogens is 398 g/mol. The fourth-order valence-electron chi connectivity index (χ4n) is 2.45. The average Bonchev–Trinajstić information content (AvgIpc) is 2.49. The summed E-state index contributed by atoms with van der Waals surface area (Å²) in [4.78, 5) is 25.0. The maximum atomic E-state index is 13.3. The summed E-state index contributed by atoms with van der Waals surface area (Å²) in [6, 6.07) is 11.3. The molecule has 1 aromatic heterocycles. The topological polar surface area (TPSA) is 44.0 Å². The minimum Gasteiger partial charge on any atom is -0.296 e. The van der Waals surface area contributed by atoms with Crippen molar-refractivity contribution in [3.8, 4) is 0 Å². The minimum atomic E-state index is -0.414. The summed E-state index contributed by atoms with van der Waals surface area (Å²) in [5.74, 6) is -0.391. The van der Waals surface area contributed by atoms with E-state index in [2.05, 4.69) is 22.6 Å². The number of fused-ring (bicyclic) bond motifs is 1. The number of benzene rings is 2. The summed E-state index contributed by atoms with van der Waals surface area (Å²) in [6.07, 6.45) is 0. The third kappa shape index (κ3) is 2.58. The Morgan fingerprint density at radius 1 is 1.14 bits per heavy atom. The van der Waals surface area contributed by atoms with E-state index in [1.165, 1.54) is 16.7 Å². The third-order valence-electron chi connectivity index (χ3n) is 3.54. The van der Waals surface area contributed by atoms with Crippen molar-refractivity contribution < 1.29 is 4.39 Å². The van der Waals surface area contributed by atoms with Crippen molar-refractivity contribution in [2.24, 2.45) is 7.05 Å². The number of aryl methyl sites for hydroxylation is 1. The van der Waals surface area contributed by atoms with E-state index in [4.69, 9.17) is 0 Å². The van der Waals surface area contributed by atoms with Gasteiger partial charge < -0.3 is 0 Å². The van der Waals surface area contributed by atoms with Gasteiger partial charge in [-0.05, 0) is 58.5 Å². The van der Waals surface area contributed by atoms with Gasteiger partial charge in [0, 0.05) is 10.6 Å². The van der Waals surface area contributed by atoms with Gasteiger partial charge in [-0.3, -0.25) is 13.9 Å². The van der Waals surface area contributed by atoms with Gasteiger partial charge in [-0.25, -0.2) is 9.18 Å². The van der Waals surface area contributed by atoms with E-state index in [0.717, 1.165) is 8.14 Å². The van der Waals surface area contributed by atoms with E-state index < -0.39 is 11.5 Å². The Hall–Kier alpha value is -1.96. The first kappa shape index (κ1) is 15.0. The smallest absolute Gasteiger partial charge is 0.296 e. The molecule has 4 nitrogen and oxygen atoms in total. The highest BCUT2D eigenvalue weighted by molar-refractivity contribution is 14.1. The highest BCUT2D eigenvalue weighted by Crippen LogP contribution is 2.13. The normalized spacial score (nSPS) is 11.0. The number of halogens is 2. The quantitative estimate of drug-likeness (QED) is 0.610. The lowest BCUT2D eigenvalue weighted by molar-refractivity contribution is 0.617. The molecule has 3 rings (SSSR count). The molecule has 0 aliphatic heterocycles. The molecule has 1 heterocycles. The number of nitrogens with zero attached hydrogens (tertiary/aromatic N) is 2. The summed E-state index contributed by atoms with van der Waals surface area (Å²) >= 11 is 2.12. The van der Waals surface area contributed by atoms with Crippen LogP contribution in [0, 0.1) is 9.39 Å². The molecule has 2 aromatic carbocycles. The molecule has 22 heavy (non-hydrogen) atoms. The van der Waals surface area contributed by atoms with Gasteiger partial charge in [0.1, 0.15) is 5.82 Å². The second-order valence-electron chi connectivity index (χ2n) is 5.02. The summed E-state index contributed by atoms with van der Waals surface area (Å²) < 4.78 is 16.8. The van der Waals surface area contributed by atoms with Gasteiger partial charge in [-0.1, -0.05) is 12.1 Å². The Morgan fingerprint density at radius 2 is 1.91 bits per heavy atom. The van der Waals surface area contributed by atoms with Crippen molar-refractivity contribution in [2.75, 3.05) is 0 Å². The van der Waals surface area contributed by atoms with Crippen LogP contribution in [0.2, 0.25) is 0 Å². The Bertz CT molecular complexity index is 992. The van der Waals surface area contributed by atoms with E-state index in [-0.39, 0.29) is 12.1 Å². The first-order valence-corrected chi connectivity index (χ1v) is 7.69. The predicted octanol–water partition coefficient (Wildman–Crippen LogP) is 2.49. The number of aromatic nitrogens is 2. The zero-order valence-electron chi connectivity index (χ0n) is 11.7. The van der Waals surface area contributed by atoms with Gasteiger partial charge in [0.25, 0.3) is 5.56 Å². The molecule has 0 bridgehead atoms. The van der Waals surface area contributed by atoms with Crippen molar-refractivity contribution in [2.45, 2.75) is 6.54 Å². The number of rotatable bonds is 2. The molecule has 6 heteroatoms. The van der Waals surface area contributed by atoms with Crippen LogP contribution in [0.5, 0.6) is 0 Å². The van der Waals surface area contributed by atoms with Crippen LogP contribution in [0.1, 0.15) is 5.56 Å². The maximum absolute atomic E-state index is 13.3. The lowest BCUT2D eigenvalue weighted by atomic mass is 10.2. The molecule has 112 valence electrons. The van der Waals surface area contributed by atoms with Crippen molar-refractivity contribution in [1.29, 1.82) is 0 Å². The SMILES string of the molecule is Cn1c(=O)n(Cc2cccc(F)c2)c(=O)c2cc(I)ccc21. The van der Waals surface area contributed by atoms with Crippen molar-refractivity contribution in [1.82, 2.24) is 9.13 Å². The molecule has 0 amide bonds. The Balaban J connectivity index is 2.26. The highest BCUT2D eigenvalue weighted by atomic mass is 127. The van der Waals surface area contributed by atoms with Gasteiger partial charge in [-0.2, -0.15) is 0 Å². The second kappa shape index (κ2) is 5.68. The molecule has 3 aromatic rings. The average molecular weight is 410 g/mol. The number of hydrogen-bond donors (Lipinski definition) is 0. The molecule has 0 aliphatic rings. The molecule has 0 spiro atoms. The summed E-state index contributed by atoms with van der Waals surface area (Å²) in [5.41, 5.74) is 0.388. The molecule has 0 fully saturated rings. The van der Waals surface area contributed by atoms with Gasteiger partial charge in [0.2, 0.25) is 0 Å². The van der Waals surface area contributed by atoms with E-state index >= 15 is 0 Å². The van der Waals surface area contributed by atoms with Crippen molar-refractivity contribution in [3.05, 3.63) is 78.3 Å². The van der Waals surface area contributed by atoms with Crippen LogP contribution in [-0.4, -0.2) is 9.13 Å². The van der Waals surface area contributed by atoms with Crippen LogP contribution >= 0.6 is 22.6 Å². The van der Waals surface area contributed by atoms with Crippen LogP contribution in [-0.2, 0) is 13.6 Å². The Morgan fingerprint density at radius 3 is 2.64 bits per heavy atom. The first-order chi connectivity index (χ1) is 10.5. The Labute approximate surface area is 139 Å². The number of hydrogen-bond acceptors (Lipinski definition) is 2. The summed E-state index contributed by atoms with van der Waals surface area (Å²) in [6.45, 7) is 0.0463. The summed E-state index contributed by atoms with van der Waals surface area (Å²) in [5, 5.41) is 0.477. The van der Waals surface area contributed by atoms with E-state index in [9.17, 15) is 14.0 Å². The molecule has 0 N–H and O–H groups in total. The van der Waals surface area contributed by atoms with Crippen LogP contribution in [0.3, 0.4) is 0 Å². The third-order valence-corrected chi connectivity index (χ3v) is 4.21. The van der Waals surface area contributed by atoms with Crippen molar-refractivity contribution >= 4 is 33.5 Å². The molecular formula is C16H12FIN2O2. The molecule has 0 saturated heterocycles. The largest absolute Gasteiger partial charge is 0.331 e. The zero-order chi connectivity index (χ0) is 15.9. The standard InChI is InChI=1S/C16H12FIN2O2/c1-19-14-6-5-12(18)8-13(14)15(21)20(16(19)22)9-10-3-2-4-11(17)7-10/h2-8H,9H2,1H3. The first-order valence-electron chi connectivity index (χ1n) is 6.61. The van der Waals surface area contributed by atoms with Gasteiger partial charge in [0.05, 0.1) is 17.4 Å². The Kier molecular flexibility index (Phi) is 3.86. The highest BCUT2D eigenvalue weighted by Gasteiger charge is 2.11. The van der Waals surface area contributed by atoms with Gasteiger partial charge >= 0.3 is 5.69 Å². The van der Waals surface area contributed by atoms with Crippen LogP contribution < -0.4 is 11.2 Å². The second-order valence-corrected chi connectivity index (χ2v) is 6.27.